The van der Waals surface area contributed by atoms with Crippen molar-refractivity contribution in [3.63, 3.8) is 0 Å². The van der Waals surface area contributed by atoms with Gasteiger partial charge in [-0.25, -0.2) is 15.4 Å². The first-order valence-corrected chi connectivity index (χ1v) is 17.1. The van der Waals surface area contributed by atoms with Crippen LogP contribution in [0.15, 0.2) is 86.1 Å². The third kappa shape index (κ3) is 8.11. The van der Waals surface area contributed by atoms with Crippen LogP contribution in [0.4, 0.5) is 8.78 Å². The van der Waals surface area contributed by atoms with Crippen LogP contribution in [0, 0.1) is 18.2 Å². The molecule has 0 saturated carbocycles. The summed E-state index contributed by atoms with van der Waals surface area (Å²) in [6, 6.07) is 18.6. The SMILES string of the molecule is CNC(=O)c1c(-c2ccc(F)cc2)oc2cc(Br)c(OC(C)C)cc12.[C-]#[N+]Cc1cc2oc(-c3ccc(F)cc3)c(C(=O)NC)c2cc1OC(C)C. The van der Waals surface area contributed by atoms with E-state index in [0.29, 0.717) is 72.8 Å². The first-order valence-electron chi connectivity index (χ1n) is 16.3. The van der Waals surface area contributed by atoms with E-state index in [1.807, 2.05) is 27.7 Å². The predicted molar refractivity (Wildman–Crippen MR) is 200 cm³/mol. The molecule has 4 aromatic carbocycles. The van der Waals surface area contributed by atoms with Crippen LogP contribution in [0.1, 0.15) is 54.0 Å². The Kier molecular flexibility index (Phi) is 11.7. The topological polar surface area (TPSA) is 107 Å². The van der Waals surface area contributed by atoms with Gasteiger partial charge < -0.3 is 33.8 Å². The predicted octanol–water partition coefficient (Wildman–Crippen LogP) is 9.95. The molecule has 0 aliphatic heterocycles. The second-order valence-corrected chi connectivity index (χ2v) is 13.0. The molecule has 2 aromatic heterocycles. The third-order valence-electron chi connectivity index (χ3n) is 7.71. The Morgan fingerprint density at radius 3 is 1.58 bits per heavy atom. The molecule has 2 amide bonds. The monoisotopic (exact) mass is 771 g/mol. The lowest BCUT2D eigenvalue weighted by molar-refractivity contribution is 0.0956. The molecule has 9 nitrogen and oxygen atoms in total. The average Bonchev–Trinajstić information content (AvgIpc) is 3.66. The zero-order chi connectivity index (χ0) is 37.7. The fourth-order valence-electron chi connectivity index (χ4n) is 5.49. The number of benzene rings is 4. The lowest BCUT2D eigenvalue weighted by atomic mass is 10.0. The van der Waals surface area contributed by atoms with Gasteiger partial charge in [0.1, 0.15) is 45.8 Å². The number of furan rings is 2. The van der Waals surface area contributed by atoms with Crippen molar-refractivity contribution >= 4 is 49.7 Å². The number of nitrogens with zero attached hydrogens (tertiary/aromatic N) is 1. The zero-order valence-corrected chi connectivity index (χ0v) is 30.9. The van der Waals surface area contributed by atoms with Crippen LogP contribution in [-0.4, -0.2) is 38.1 Å². The quantitative estimate of drug-likeness (QED) is 0.142. The number of carbonyl (C=O) groups is 2. The van der Waals surface area contributed by atoms with E-state index in [9.17, 15) is 18.4 Å². The van der Waals surface area contributed by atoms with Crippen molar-refractivity contribution in [2.45, 2.75) is 46.4 Å². The minimum Gasteiger partial charge on any atom is -0.490 e. The molecule has 6 rings (SSSR count). The summed E-state index contributed by atoms with van der Waals surface area (Å²) >= 11 is 3.46. The van der Waals surface area contributed by atoms with Gasteiger partial charge in [-0.3, -0.25) is 9.59 Å². The molecule has 2 heterocycles. The molecule has 0 atom stereocenters. The van der Waals surface area contributed by atoms with Crippen molar-refractivity contribution in [2.24, 2.45) is 0 Å². The van der Waals surface area contributed by atoms with Crippen molar-refractivity contribution in [3.8, 4) is 34.1 Å². The molecule has 52 heavy (non-hydrogen) atoms. The Labute approximate surface area is 307 Å². The highest BCUT2D eigenvalue weighted by molar-refractivity contribution is 9.10. The van der Waals surface area contributed by atoms with Crippen LogP contribution in [0.2, 0.25) is 0 Å². The van der Waals surface area contributed by atoms with Gasteiger partial charge in [-0.1, -0.05) is 0 Å². The molecule has 12 heteroatoms. The van der Waals surface area contributed by atoms with E-state index in [1.54, 1.807) is 55.6 Å². The largest absolute Gasteiger partial charge is 0.490 e. The van der Waals surface area contributed by atoms with E-state index in [-0.39, 0.29) is 42.2 Å². The van der Waals surface area contributed by atoms with Crippen molar-refractivity contribution in [1.29, 1.82) is 0 Å². The van der Waals surface area contributed by atoms with E-state index in [0.717, 1.165) is 4.47 Å². The molecule has 0 saturated heterocycles. The lowest BCUT2D eigenvalue weighted by Gasteiger charge is -2.12. The highest BCUT2D eigenvalue weighted by Crippen LogP contribution is 2.40. The summed E-state index contributed by atoms with van der Waals surface area (Å²) in [5, 5.41) is 6.47. The molecule has 0 aliphatic carbocycles. The van der Waals surface area contributed by atoms with Gasteiger partial charge >= 0.3 is 0 Å². The van der Waals surface area contributed by atoms with Gasteiger partial charge in [0.25, 0.3) is 11.8 Å². The van der Waals surface area contributed by atoms with E-state index >= 15 is 0 Å². The van der Waals surface area contributed by atoms with E-state index in [2.05, 4.69) is 31.4 Å². The summed E-state index contributed by atoms with van der Waals surface area (Å²) < 4.78 is 50.7. The maximum absolute atomic E-state index is 13.3. The number of fused-ring (bicyclic) bond motifs is 2. The maximum Gasteiger partial charge on any atom is 0.255 e. The molecule has 0 radical (unpaired) electrons. The fraction of sp³-hybridized carbons (Fsp3) is 0.225. The number of halogens is 3. The summed E-state index contributed by atoms with van der Waals surface area (Å²) in [6.45, 7) is 14.9. The highest BCUT2D eigenvalue weighted by atomic mass is 79.9. The van der Waals surface area contributed by atoms with E-state index < -0.39 is 0 Å². The number of carbonyl (C=O) groups excluding carboxylic acids is 2. The molecule has 0 unspecified atom stereocenters. The van der Waals surface area contributed by atoms with Crippen molar-refractivity contribution in [2.75, 3.05) is 14.1 Å². The van der Waals surface area contributed by atoms with Crippen molar-refractivity contribution in [3.05, 3.63) is 117 Å². The van der Waals surface area contributed by atoms with E-state index in [4.69, 9.17) is 24.9 Å². The molecule has 0 aliphatic rings. The van der Waals surface area contributed by atoms with E-state index in [1.165, 1.54) is 31.3 Å². The van der Waals surface area contributed by atoms with Gasteiger partial charge in [0, 0.05) is 36.0 Å². The van der Waals surface area contributed by atoms with Gasteiger partial charge in [0.2, 0.25) is 6.54 Å². The van der Waals surface area contributed by atoms with Gasteiger partial charge in [-0.05, 0) is 116 Å². The summed E-state index contributed by atoms with van der Waals surface area (Å²) in [4.78, 5) is 28.5. The molecule has 0 spiro atoms. The molecule has 268 valence electrons. The standard InChI is InChI=1S/C21H19FN2O3.C19H17BrFNO3/c1-12(2)26-17-10-16-18(9-14(17)11-23-3)27-20(19(16)21(25)24-4)13-5-7-15(22)8-6-13;1-10(2)24-16-8-13-15(9-14(16)20)25-18(17(13)19(23)22-3)11-4-6-12(21)7-5-11/h5-10,12H,11H2,1-2,4H3,(H,24,25);4-10H,1-3H3,(H,22,23). The summed E-state index contributed by atoms with van der Waals surface area (Å²) in [5.74, 6) is 0.587. The molecule has 6 aromatic rings. The number of hydrogen-bond donors (Lipinski definition) is 2. The Balaban J connectivity index is 0.000000202. The summed E-state index contributed by atoms with van der Waals surface area (Å²) in [5.41, 5.74) is 3.66. The molecule has 2 N–H and O–H groups in total. The lowest BCUT2D eigenvalue weighted by Crippen LogP contribution is -2.18. The van der Waals surface area contributed by atoms with Crippen LogP contribution < -0.4 is 20.1 Å². The third-order valence-corrected chi connectivity index (χ3v) is 8.33. The minimum absolute atomic E-state index is 0.0133. The number of rotatable bonds is 9. The first-order chi connectivity index (χ1) is 24.8. The number of amides is 2. The minimum atomic E-state index is -0.372. The zero-order valence-electron chi connectivity index (χ0n) is 29.3. The maximum atomic E-state index is 13.3. The van der Waals surface area contributed by atoms with Crippen LogP contribution in [0.3, 0.4) is 0 Å². The van der Waals surface area contributed by atoms with Gasteiger partial charge in [-0.2, -0.15) is 0 Å². The molecular weight excluding hydrogens is 736 g/mol. The molecule has 0 fully saturated rings. The second-order valence-electron chi connectivity index (χ2n) is 12.2. The van der Waals surface area contributed by atoms with Crippen LogP contribution in [0.25, 0.3) is 49.4 Å². The second kappa shape index (κ2) is 16.1. The normalized spacial score (nSPS) is 11.0. The Hall–Kier alpha value is -5.67. The van der Waals surface area contributed by atoms with Crippen molar-refractivity contribution < 1.29 is 36.7 Å². The summed E-state index contributed by atoms with van der Waals surface area (Å²) in [6.07, 6.45) is -0.0977. The van der Waals surface area contributed by atoms with Crippen LogP contribution in [0.5, 0.6) is 11.5 Å². The van der Waals surface area contributed by atoms with Crippen LogP contribution >= 0.6 is 15.9 Å². The van der Waals surface area contributed by atoms with Gasteiger partial charge in [0.05, 0.1) is 33.4 Å². The highest BCUT2D eigenvalue weighted by Gasteiger charge is 2.25. The average molecular weight is 773 g/mol. The Bertz CT molecular complexity index is 2290. The first kappa shape index (κ1) is 37.6. The summed E-state index contributed by atoms with van der Waals surface area (Å²) in [7, 11) is 3.09. The van der Waals surface area contributed by atoms with Crippen LogP contribution in [-0.2, 0) is 6.54 Å². The Morgan fingerprint density at radius 1 is 0.731 bits per heavy atom. The smallest absolute Gasteiger partial charge is 0.255 e. The Morgan fingerprint density at radius 2 is 1.15 bits per heavy atom. The molecule has 0 bridgehead atoms. The fourth-order valence-corrected chi connectivity index (χ4v) is 5.91. The molecular formula is C40H36BrF2N3O6. The number of nitrogens with one attached hydrogen (secondary N) is 2. The van der Waals surface area contributed by atoms with Gasteiger partial charge in [-0.15, -0.1) is 0 Å². The number of ether oxygens (including phenoxy) is 2. The number of hydrogen-bond acceptors (Lipinski definition) is 6. The van der Waals surface area contributed by atoms with Crippen molar-refractivity contribution in [1.82, 2.24) is 10.6 Å². The van der Waals surface area contributed by atoms with Gasteiger partial charge in [0.15, 0.2) is 0 Å².